The van der Waals surface area contributed by atoms with Crippen LogP contribution in [0.25, 0.3) is 0 Å². The van der Waals surface area contributed by atoms with Crippen LogP contribution in [0.3, 0.4) is 0 Å². The third-order valence-corrected chi connectivity index (χ3v) is 4.52. The molecule has 1 aliphatic heterocycles. The number of imide groups is 1. The van der Waals surface area contributed by atoms with E-state index in [4.69, 9.17) is 5.11 Å². The normalized spacial score (nSPS) is 18.2. The fourth-order valence-electron chi connectivity index (χ4n) is 3.34. The lowest BCUT2D eigenvalue weighted by molar-refractivity contribution is 0.0549. The molecule has 1 aromatic rings. The molecule has 0 aromatic heterocycles. The highest BCUT2D eigenvalue weighted by molar-refractivity contribution is 6.22. The van der Waals surface area contributed by atoms with E-state index in [1.54, 1.807) is 12.1 Å². The highest BCUT2D eigenvalue weighted by atomic mass is 16.3. The van der Waals surface area contributed by atoms with E-state index in [-0.39, 0.29) is 36.9 Å². The van der Waals surface area contributed by atoms with Crippen molar-refractivity contribution in [3.8, 4) is 0 Å². The minimum absolute atomic E-state index is 0.0252. The van der Waals surface area contributed by atoms with E-state index in [0.29, 0.717) is 16.7 Å². The standard InChI is InChI=1S/C17H20N2O4/c20-9-8-18-15(21)11-6-7-13-14(10-11)17(23)19(16(13)22)12-4-2-1-3-5-12/h6-7,10,12,20H,1-5,8-9H2,(H,18,21). The predicted octanol–water partition coefficient (Wildman–Crippen LogP) is 1.34. The molecule has 6 nitrogen and oxygen atoms in total. The van der Waals surface area contributed by atoms with Crippen molar-refractivity contribution in [1.82, 2.24) is 10.2 Å². The molecule has 23 heavy (non-hydrogen) atoms. The molecule has 1 aliphatic carbocycles. The van der Waals surface area contributed by atoms with E-state index >= 15 is 0 Å². The third kappa shape index (κ3) is 2.86. The van der Waals surface area contributed by atoms with E-state index in [0.717, 1.165) is 32.1 Å². The number of hydrogen-bond acceptors (Lipinski definition) is 4. The average molecular weight is 316 g/mol. The van der Waals surface area contributed by atoms with Gasteiger partial charge in [0.15, 0.2) is 0 Å². The van der Waals surface area contributed by atoms with E-state index in [9.17, 15) is 14.4 Å². The van der Waals surface area contributed by atoms with Crippen molar-refractivity contribution in [2.24, 2.45) is 0 Å². The summed E-state index contributed by atoms with van der Waals surface area (Å²) in [5, 5.41) is 11.3. The molecule has 3 amide bonds. The molecule has 3 rings (SSSR count). The molecule has 0 atom stereocenters. The second kappa shape index (κ2) is 6.50. The molecule has 1 aromatic carbocycles. The van der Waals surface area contributed by atoms with Crippen molar-refractivity contribution in [2.45, 2.75) is 38.1 Å². The Balaban J connectivity index is 1.85. The molecule has 122 valence electrons. The van der Waals surface area contributed by atoms with Gasteiger partial charge in [-0.25, -0.2) is 0 Å². The molecule has 1 fully saturated rings. The molecule has 2 aliphatic rings. The van der Waals surface area contributed by atoms with Gasteiger partial charge >= 0.3 is 0 Å². The number of aliphatic hydroxyl groups excluding tert-OH is 1. The fourth-order valence-corrected chi connectivity index (χ4v) is 3.34. The number of aliphatic hydroxyl groups is 1. The largest absolute Gasteiger partial charge is 0.395 e. The summed E-state index contributed by atoms with van der Waals surface area (Å²) >= 11 is 0. The second-order valence-corrected chi connectivity index (χ2v) is 6.01. The Hall–Kier alpha value is -2.21. The maximum Gasteiger partial charge on any atom is 0.261 e. The number of nitrogens with zero attached hydrogens (tertiary/aromatic N) is 1. The Morgan fingerprint density at radius 3 is 2.52 bits per heavy atom. The van der Waals surface area contributed by atoms with E-state index in [1.807, 2.05) is 0 Å². The molecule has 0 unspecified atom stereocenters. The summed E-state index contributed by atoms with van der Waals surface area (Å²) in [6.45, 7) is 0.000545. The van der Waals surface area contributed by atoms with Crippen LogP contribution in [0.5, 0.6) is 0 Å². The minimum atomic E-state index is -0.363. The monoisotopic (exact) mass is 316 g/mol. The summed E-state index contributed by atoms with van der Waals surface area (Å²) in [5.74, 6) is -0.911. The van der Waals surface area contributed by atoms with Gasteiger partial charge in [0.05, 0.1) is 17.7 Å². The van der Waals surface area contributed by atoms with Crippen LogP contribution < -0.4 is 5.32 Å². The van der Waals surface area contributed by atoms with Gasteiger partial charge < -0.3 is 10.4 Å². The number of nitrogens with one attached hydrogen (secondary N) is 1. The van der Waals surface area contributed by atoms with Crippen molar-refractivity contribution in [2.75, 3.05) is 13.2 Å². The van der Waals surface area contributed by atoms with E-state index in [2.05, 4.69) is 5.32 Å². The molecule has 0 radical (unpaired) electrons. The van der Waals surface area contributed by atoms with Gasteiger partial charge in [0.2, 0.25) is 0 Å². The average Bonchev–Trinajstić information content (AvgIpc) is 2.84. The maximum absolute atomic E-state index is 12.6. The molecule has 0 spiro atoms. The lowest BCUT2D eigenvalue weighted by atomic mass is 9.94. The zero-order valence-corrected chi connectivity index (χ0v) is 12.9. The summed E-state index contributed by atoms with van der Waals surface area (Å²) in [7, 11) is 0. The van der Waals surface area contributed by atoms with Crippen LogP contribution in [0.1, 0.15) is 63.2 Å². The Morgan fingerprint density at radius 1 is 1.13 bits per heavy atom. The Labute approximate surface area is 134 Å². The molecule has 0 saturated heterocycles. The number of rotatable bonds is 4. The molecular formula is C17H20N2O4. The quantitative estimate of drug-likeness (QED) is 0.821. The Kier molecular flexibility index (Phi) is 4.43. The first-order valence-corrected chi connectivity index (χ1v) is 8.04. The minimum Gasteiger partial charge on any atom is -0.395 e. The molecular weight excluding hydrogens is 296 g/mol. The van der Waals surface area contributed by atoms with Crippen LogP contribution in [0, 0.1) is 0 Å². The summed E-state index contributed by atoms with van der Waals surface area (Å²) in [5.41, 5.74) is 1.00. The summed E-state index contributed by atoms with van der Waals surface area (Å²) in [4.78, 5) is 38.5. The highest BCUT2D eigenvalue weighted by Gasteiger charge is 2.40. The van der Waals surface area contributed by atoms with Gasteiger partial charge in [-0.15, -0.1) is 0 Å². The van der Waals surface area contributed by atoms with Crippen LogP contribution in [-0.4, -0.2) is 46.9 Å². The van der Waals surface area contributed by atoms with Crippen LogP contribution in [0.15, 0.2) is 18.2 Å². The van der Waals surface area contributed by atoms with Crippen LogP contribution in [-0.2, 0) is 0 Å². The number of fused-ring (bicyclic) bond motifs is 1. The zero-order valence-electron chi connectivity index (χ0n) is 12.9. The predicted molar refractivity (Wildman–Crippen MR) is 83.2 cm³/mol. The first-order valence-electron chi connectivity index (χ1n) is 8.04. The third-order valence-electron chi connectivity index (χ3n) is 4.52. The number of carbonyl (C=O) groups excluding carboxylic acids is 3. The van der Waals surface area contributed by atoms with Crippen LogP contribution >= 0.6 is 0 Å². The molecule has 0 bridgehead atoms. The molecule has 1 saturated carbocycles. The van der Waals surface area contributed by atoms with Gasteiger partial charge in [0.1, 0.15) is 0 Å². The van der Waals surface area contributed by atoms with E-state index in [1.165, 1.54) is 11.0 Å². The van der Waals surface area contributed by atoms with Crippen molar-refractivity contribution < 1.29 is 19.5 Å². The molecule has 6 heteroatoms. The number of amides is 3. The van der Waals surface area contributed by atoms with Gasteiger partial charge in [-0.1, -0.05) is 19.3 Å². The van der Waals surface area contributed by atoms with Gasteiger partial charge in [0, 0.05) is 18.2 Å². The first kappa shape index (κ1) is 15.7. The van der Waals surface area contributed by atoms with Crippen molar-refractivity contribution in [3.05, 3.63) is 34.9 Å². The second-order valence-electron chi connectivity index (χ2n) is 6.01. The SMILES string of the molecule is O=C(NCCO)c1ccc2c(c1)C(=O)N(C1CCCCC1)C2=O. The zero-order chi connectivity index (χ0) is 16.4. The lowest BCUT2D eigenvalue weighted by Crippen LogP contribution is -2.40. The smallest absolute Gasteiger partial charge is 0.261 e. The summed E-state index contributed by atoms with van der Waals surface area (Å²) in [6.07, 6.45) is 4.93. The van der Waals surface area contributed by atoms with Crippen molar-refractivity contribution in [1.29, 1.82) is 0 Å². The number of hydrogen-bond donors (Lipinski definition) is 2. The van der Waals surface area contributed by atoms with Gasteiger partial charge in [0.25, 0.3) is 17.7 Å². The fraction of sp³-hybridized carbons (Fsp3) is 0.471. The van der Waals surface area contributed by atoms with Crippen LogP contribution in [0.4, 0.5) is 0 Å². The van der Waals surface area contributed by atoms with Gasteiger partial charge in [-0.3, -0.25) is 19.3 Å². The first-order chi connectivity index (χ1) is 11.1. The van der Waals surface area contributed by atoms with Crippen molar-refractivity contribution >= 4 is 17.7 Å². The van der Waals surface area contributed by atoms with Crippen molar-refractivity contribution in [3.63, 3.8) is 0 Å². The Bertz CT molecular complexity index is 650. The molecule has 1 heterocycles. The topological polar surface area (TPSA) is 86.7 Å². The summed E-state index contributed by atoms with van der Waals surface area (Å²) < 4.78 is 0. The van der Waals surface area contributed by atoms with Gasteiger partial charge in [-0.05, 0) is 31.0 Å². The highest BCUT2D eigenvalue weighted by Crippen LogP contribution is 2.31. The Morgan fingerprint density at radius 2 is 1.83 bits per heavy atom. The van der Waals surface area contributed by atoms with Crippen LogP contribution in [0.2, 0.25) is 0 Å². The molecule has 2 N–H and O–H groups in total. The lowest BCUT2D eigenvalue weighted by Gasteiger charge is -2.29. The summed E-state index contributed by atoms with van der Waals surface area (Å²) in [6, 6.07) is 4.54. The number of benzene rings is 1. The van der Waals surface area contributed by atoms with Gasteiger partial charge in [-0.2, -0.15) is 0 Å². The maximum atomic E-state index is 12.6. The van der Waals surface area contributed by atoms with E-state index < -0.39 is 0 Å². The number of carbonyl (C=O) groups is 3.